The summed E-state index contributed by atoms with van der Waals surface area (Å²) in [6.45, 7) is 0. The van der Waals surface area contributed by atoms with Gasteiger partial charge in [-0.3, -0.25) is 18.7 Å². The maximum absolute atomic E-state index is 13.3. The molecule has 5 rings (SSSR count). The zero-order chi connectivity index (χ0) is 20.4. The average Bonchev–Trinajstić information content (AvgIpc) is 3.02. The highest BCUT2D eigenvalue weighted by Gasteiger charge is 2.47. The molecule has 0 amide bonds. The number of hydrogen-bond acceptors (Lipinski definition) is 5. The van der Waals surface area contributed by atoms with Crippen LogP contribution in [0.3, 0.4) is 0 Å². The molecule has 1 aliphatic carbocycles. The van der Waals surface area contributed by atoms with Crippen molar-refractivity contribution in [1.29, 1.82) is 0 Å². The van der Waals surface area contributed by atoms with Gasteiger partial charge >= 0.3 is 5.69 Å². The van der Waals surface area contributed by atoms with E-state index in [1.807, 2.05) is 12.1 Å². The van der Waals surface area contributed by atoms with Crippen molar-refractivity contribution in [3.05, 3.63) is 91.6 Å². The second-order valence-corrected chi connectivity index (χ2v) is 7.40. The fourth-order valence-corrected chi connectivity index (χ4v) is 4.41. The van der Waals surface area contributed by atoms with Gasteiger partial charge in [-0.2, -0.15) is 0 Å². The van der Waals surface area contributed by atoms with Gasteiger partial charge in [-0.15, -0.1) is 0 Å². The molecule has 0 saturated heterocycles. The number of rotatable bonds is 1. The zero-order valence-corrected chi connectivity index (χ0v) is 15.8. The molecule has 1 N–H and O–H groups in total. The van der Waals surface area contributed by atoms with Crippen LogP contribution < -0.4 is 11.2 Å². The fraction of sp³-hybridized carbons (Fsp3) is 0.182. The molecule has 1 aromatic heterocycles. The Morgan fingerprint density at radius 2 is 1.52 bits per heavy atom. The van der Waals surface area contributed by atoms with Gasteiger partial charge in [-0.05, 0) is 17.7 Å². The Balaban J connectivity index is 1.90. The predicted octanol–water partition coefficient (Wildman–Crippen LogP) is 1.87. The lowest BCUT2D eigenvalue weighted by molar-refractivity contribution is 0.0953. The van der Waals surface area contributed by atoms with E-state index in [-0.39, 0.29) is 17.4 Å². The van der Waals surface area contributed by atoms with E-state index in [2.05, 4.69) is 4.99 Å². The van der Waals surface area contributed by atoms with Gasteiger partial charge in [-0.1, -0.05) is 36.4 Å². The van der Waals surface area contributed by atoms with Crippen LogP contribution in [0, 0.1) is 5.92 Å². The number of aliphatic imine (C=N–C) groups is 1. The molecule has 29 heavy (non-hydrogen) atoms. The summed E-state index contributed by atoms with van der Waals surface area (Å²) in [5.41, 5.74) is 1.94. The highest BCUT2D eigenvalue weighted by molar-refractivity contribution is 6.30. The zero-order valence-electron chi connectivity index (χ0n) is 15.8. The van der Waals surface area contributed by atoms with Crippen molar-refractivity contribution in [1.82, 2.24) is 9.13 Å². The minimum Gasteiger partial charge on any atom is -0.508 e. The van der Waals surface area contributed by atoms with Crippen molar-refractivity contribution in [3.8, 4) is 5.75 Å². The van der Waals surface area contributed by atoms with Crippen LogP contribution in [0.1, 0.15) is 33.0 Å². The number of aromatic nitrogens is 2. The van der Waals surface area contributed by atoms with E-state index in [1.165, 1.54) is 23.7 Å². The van der Waals surface area contributed by atoms with Crippen LogP contribution in [-0.2, 0) is 14.1 Å². The third-order valence-electron chi connectivity index (χ3n) is 5.84. The van der Waals surface area contributed by atoms with Crippen molar-refractivity contribution in [3.63, 3.8) is 0 Å². The largest absolute Gasteiger partial charge is 0.508 e. The van der Waals surface area contributed by atoms with Crippen molar-refractivity contribution in [2.45, 2.75) is 5.92 Å². The molecule has 2 aliphatic rings. The maximum Gasteiger partial charge on any atom is 0.332 e. The SMILES string of the molecule is Cn1c2c(c(=O)n(C)c1=O)C(c1ccc(O)cc1)C1C(=O)c3ccccc3C1=N2. The standard InChI is InChI=1S/C22H17N3O4/c1-24-20-17(21(28)25(2)22(24)29)15(11-7-9-12(26)10-8-11)16-18(23-20)13-5-3-4-6-14(13)19(16)27/h3-10,15-16,26H,1-2H3. The van der Waals surface area contributed by atoms with Gasteiger partial charge < -0.3 is 5.11 Å². The monoisotopic (exact) mass is 387 g/mol. The quantitative estimate of drug-likeness (QED) is 0.690. The van der Waals surface area contributed by atoms with E-state index in [4.69, 9.17) is 0 Å². The van der Waals surface area contributed by atoms with Gasteiger partial charge in [0.05, 0.1) is 17.2 Å². The van der Waals surface area contributed by atoms with Gasteiger partial charge in [0.1, 0.15) is 11.6 Å². The van der Waals surface area contributed by atoms with E-state index in [1.54, 1.807) is 31.3 Å². The molecule has 2 atom stereocenters. The van der Waals surface area contributed by atoms with E-state index in [9.17, 15) is 19.5 Å². The molecule has 7 heteroatoms. The lowest BCUT2D eigenvalue weighted by atomic mass is 9.76. The summed E-state index contributed by atoms with van der Waals surface area (Å²) in [7, 11) is 2.99. The van der Waals surface area contributed by atoms with Gasteiger partial charge in [0, 0.05) is 31.1 Å². The summed E-state index contributed by atoms with van der Waals surface area (Å²) in [4.78, 5) is 43.6. The third kappa shape index (κ3) is 2.24. The number of fused-ring (bicyclic) bond motifs is 4. The molecule has 7 nitrogen and oxygen atoms in total. The lowest BCUT2D eigenvalue weighted by Crippen LogP contribution is -2.43. The Morgan fingerprint density at radius 3 is 2.21 bits per heavy atom. The van der Waals surface area contributed by atoms with Crippen LogP contribution in [0.4, 0.5) is 5.82 Å². The van der Waals surface area contributed by atoms with E-state index >= 15 is 0 Å². The number of phenols is 1. The van der Waals surface area contributed by atoms with E-state index in [0.717, 1.165) is 10.1 Å². The van der Waals surface area contributed by atoms with Gasteiger partial charge in [0.2, 0.25) is 0 Å². The molecule has 3 aromatic rings. The number of nitrogens with zero attached hydrogens (tertiary/aromatic N) is 3. The molecule has 1 aliphatic heterocycles. The average molecular weight is 387 g/mol. The molecule has 2 heterocycles. The first kappa shape index (κ1) is 17.4. The number of Topliss-reactive ketones (excluding diaryl/α,β-unsaturated/α-hetero) is 1. The molecular weight excluding hydrogens is 370 g/mol. The first-order chi connectivity index (χ1) is 13.9. The van der Waals surface area contributed by atoms with E-state index < -0.39 is 23.1 Å². The molecule has 0 bridgehead atoms. The highest BCUT2D eigenvalue weighted by Crippen LogP contribution is 2.46. The molecule has 0 spiro atoms. The number of hydrogen-bond donors (Lipinski definition) is 1. The minimum absolute atomic E-state index is 0.0908. The Bertz CT molecular complexity index is 1350. The summed E-state index contributed by atoms with van der Waals surface area (Å²) >= 11 is 0. The molecule has 2 unspecified atom stereocenters. The van der Waals surface area contributed by atoms with Crippen molar-refractivity contribution >= 4 is 17.3 Å². The molecule has 144 valence electrons. The second-order valence-electron chi connectivity index (χ2n) is 7.40. The number of carbonyl (C=O) groups is 1. The van der Waals surface area contributed by atoms with Crippen LogP contribution in [0.15, 0.2) is 63.1 Å². The van der Waals surface area contributed by atoms with Gasteiger partial charge in [-0.25, -0.2) is 9.79 Å². The predicted molar refractivity (Wildman–Crippen MR) is 107 cm³/mol. The van der Waals surface area contributed by atoms with Crippen LogP contribution in [0.5, 0.6) is 5.75 Å². The number of ketones is 1. The Labute approximate surface area is 165 Å². The van der Waals surface area contributed by atoms with Gasteiger partial charge in [0.15, 0.2) is 5.78 Å². The van der Waals surface area contributed by atoms with Crippen molar-refractivity contribution in [2.24, 2.45) is 25.0 Å². The van der Waals surface area contributed by atoms with Crippen LogP contribution in [0.25, 0.3) is 0 Å². The van der Waals surface area contributed by atoms with Crippen LogP contribution in [-0.4, -0.2) is 25.7 Å². The maximum atomic E-state index is 13.3. The summed E-state index contributed by atoms with van der Waals surface area (Å²) in [6, 6.07) is 13.7. The second kappa shape index (κ2) is 5.88. The Morgan fingerprint density at radius 1 is 0.862 bits per heavy atom. The first-order valence-electron chi connectivity index (χ1n) is 9.21. The number of aromatic hydroxyl groups is 1. The summed E-state index contributed by atoms with van der Waals surface area (Å²) in [5, 5.41) is 9.71. The third-order valence-corrected chi connectivity index (χ3v) is 5.84. The summed E-state index contributed by atoms with van der Waals surface area (Å²) < 4.78 is 2.39. The molecule has 0 saturated carbocycles. The molecule has 2 aromatic carbocycles. The van der Waals surface area contributed by atoms with Crippen molar-refractivity contribution < 1.29 is 9.90 Å². The van der Waals surface area contributed by atoms with Crippen LogP contribution >= 0.6 is 0 Å². The minimum atomic E-state index is -0.658. The number of phenolic OH excluding ortho intramolecular Hbond substituents is 1. The number of carbonyl (C=O) groups excluding carboxylic acids is 1. The summed E-state index contributed by atoms with van der Waals surface area (Å²) in [6.07, 6.45) is 0. The van der Waals surface area contributed by atoms with Crippen molar-refractivity contribution in [2.75, 3.05) is 0 Å². The fourth-order valence-electron chi connectivity index (χ4n) is 4.41. The Hall–Kier alpha value is -3.74. The molecule has 0 fully saturated rings. The van der Waals surface area contributed by atoms with E-state index in [0.29, 0.717) is 22.4 Å². The van der Waals surface area contributed by atoms with Gasteiger partial charge in [0.25, 0.3) is 5.56 Å². The smallest absolute Gasteiger partial charge is 0.332 e. The highest BCUT2D eigenvalue weighted by atomic mass is 16.3. The Kier molecular flexibility index (Phi) is 3.52. The number of benzene rings is 2. The first-order valence-corrected chi connectivity index (χ1v) is 9.21. The normalized spacial score (nSPS) is 19.4. The molecule has 0 radical (unpaired) electrons. The lowest BCUT2D eigenvalue weighted by Gasteiger charge is -2.29. The van der Waals surface area contributed by atoms with Crippen LogP contribution in [0.2, 0.25) is 0 Å². The topological polar surface area (TPSA) is 93.7 Å². The summed E-state index contributed by atoms with van der Waals surface area (Å²) in [5.74, 6) is -1.00. The molecular formula is C22H17N3O4.